The van der Waals surface area contributed by atoms with E-state index in [1.54, 1.807) is 0 Å². The average molecular weight is 307 g/mol. The van der Waals surface area contributed by atoms with Crippen molar-refractivity contribution in [2.75, 3.05) is 18.0 Å². The van der Waals surface area contributed by atoms with Gasteiger partial charge in [-0.3, -0.25) is 4.68 Å². The fourth-order valence-corrected chi connectivity index (χ4v) is 3.73. The molecule has 2 aromatic heterocycles. The summed E-state index contributed by atoms with van der Waals surface area (Å²) in [6.45, 7) is 3.88. The summed E-state index contributed by atoms with van der Waals surface area (Å²) in [5, 5.41) is 14.0. The lowest BCUT2D eigenvalue weighted by Crippen LogP contribution is -2.24. The summed E-state index contributed by atoms with van der Waals surface area (Å²) in [4.78, 5) is 7.13. The maximum absolute atomic E-state index is 9.53. The zero-order valence-corrected chi connectivity index (χ0v) is 13.5. The maximum Gasteiger partial charge on any atom is 0.146 e. The first-order chi connectivity index (χ1) is 11.2. The van der Waals surface area contributed by atoms with Crippen LogP contribution in [0.1, 0.15) is 47.7 Å². The highest BCUT2D eigenvalue weighted by Crippen LogP contribution is 2.31. The molecule has 0 aromatic carbocycles. The van der Waals surface area contributed by atoms with Gasteiger partial charge in [0.25, 0.3) is 0 Å². The van der Waals surface area contributed by atoms with Crippen molar-refractivity contribution in [3.63, 3.8) is 0 Å². The van der Waals surface area contributed by atoms with E-state index in [1.165, 1.54) is 29.7 Å². The molecule has 4 rings (SSSR count). The summed E-state index contributed by atoms with van der Waals surface area (Å²) < 4.78 is 2.06. The molecule has 0 saturated carbocycles. The molecule has 1 fully saturated rings. The fraction of sp³-hybridized carbons (Fsp3) is 0.500. The fourth-order valence-electron chi connectivity index (χ4n) is 3.73. The first-order valence-electron chi connectivity index (χ1n) is 8.43. The monoisotopic (exact) mass is 307 g/mol. The van der Waals surface area contributed by atoms with Gasteiger partial charge < -0.3 is 4.90 Å². The summed E-state index contributed by atoms with van der Waals surface area (Å²) in [6, 6.07) is 4.79. The molecule has 23 heavy (non-hydrogen) atoms. The van der Waals surface area contributed by atoms with Crippen molar-refractivity contribution < 1.29 is 0 Å². The van der Waals surface area contributed by atoms with Crippen LogP contribution in [-0.4, -0.2) is 27.9 Å². The van der Waals surface area contributed by atoms with Crippen LogP contribution in [0.25, 0.3) is 0 Å². The van der Waals surface area contributed by atoms with E-state index < -0.39 is 0 Å². The molecule has 0 spiro atoms. The van der Waals surface area contributed by atoms with Crippen LogP contribution in [-0.2, 0) is 12.8 Å². The van der Waals surface area contributed by atoms with Gasteiger partial charge in [-0.1, -0.05) is 0 Å². The van der Waals surface area contributed by atoms with Crippen molar-refractivity contribution in [2.45, 2.75) is 45.1 Å². The van der Waals surface area contributed by atoms with Crippen molar-refractivity contribution >= 4 is 5.82 Å². The SMILES string of the molecule is Cc1cnn(C2CCN(c3nc4c(cc3C#N)CCCC4)C2)c1. The number of pyridine rings is 1. The van der Waals surface area contributed by atoms with Gasteiger partial charge in [0.05, 0.1) is 17.8 Å². The van der Waals surface area contributed by atoms with Crippen LogP contribution in [0, 0.1) is 18.3 Å². The summed E-state index contributed by atoms with van der Waals surface area (Å²) in [5.41, 5.74) is 4.38. The van der Waals surface area contributed by atoms with Gasteiger partial charge in [-0.2, -0.15) is 10.4 Å². The smallest absolute Gasteiger partial charge is 0.146 e. The third-order valence-corrected chi connectivity index (χ3v) is 4.97. The molecule has 1 atom stereocenters. The van der Waals surface area contributed by atoms with Crippen LogP contribution < -0.4 is 4.90 Å². The molecular weight excluding hydrogens is 286 g/mol. The second-order valence-corrected chi connectivity index (χ2v) is 6.67. The molecule has 1 unspecified atom stereocenters. The van der Waals surface area contributed by atoms with Crippen molar-refractivity contribution in [3.8, 4) is 6.07 Å². The summed E-state index contributed by atoms with van der Waals surface area (Å²) in [6.07, 6.45) is 9.57. The zero-order valence-electron chi connectivity index (χ0n) is 13.5. The number of nitriles is 1. The molecule has 1 saturated heterocycles. The van der Waals surface area contributed by atoms with Crippen molar-refractivity contribution in [1.82, 2.24) is 14.8 Å². The third kappa shape index (κ3) is 2.59. The Hall–Kier alpha value is -2.35. The summed E-state index contributed by atoms with van der Waals surface area (Å²) >= 11 is 0. The Labute approximate surface area is 136 Å². The number of hydrogen-bond donors (Lipinski definition) is 0. The summed E-state index contributed by atoms with van der Waals surface area (Å²) in [7, 11) is 0. The second-order valence-electron chi connectivity index (χ2n) is 6.67. The lowest BCUT2D eigenvalue weighted by Gasteiger charge is -2.23. The number of nitrogens with zero attached hydrogens (tertiary/aromatic N) is 5. The quantitative estimate of drug-likeness (QED) is 0.856. The van der Waals surface area contributed by atoms with E-state index in [2.05, 4.69) is 39.9 Å². The molecule has 1 aliphatic carbocycles. The number of aromatic nitrogens is 3. The predicted octanol–water partition coefficient (Wildman–Crippen LogP) is 2.79. The van der Waals surface area contributed by atoms with E-state index >= 15 is 0 Å². The molecule has 0 bridgehead atoms. The van der Waals surface area contributed by atoms with Gasteiger partial charge in [0.2, 0.25) is 0 Å². The number of hydrogen-bond acceptors (Lipinski definition) is 4. The first kappa shape index (κ1) is 14.3. The van der Waals surface area contributed by atoms with Crippen LogP contribution in [0.2, 0.25) is 0 Å². The topological polar surface area (TPSA) is 57.7 Å². The van der Waals surface area contributed by atoms with E-state index in [1.807, 2.05) is 6.20 Å². The second kappa shape index (κ2) is 5.69. The number of fused-ring (bicyclic) bond motifs is 1. The van der Waals surface area contributed by atoms with E-state index in [9.17, 15) is 5.26 Å². The number of rotatable bonds is 2. The van der Waals surface area contributed by atoms with E-state index in [0.717, 1.165) is 43.7 Å². The number of anilines is 1. The molecular formula is C18H21N5. The highest BCUT2D eigenvalue weighted by molar-refractivity contribution is 5.57. The maximum atomic E-state index is 9.53. The average Bonchev–Trinajstić information content (AvgIpc) is 3.22. The third-order valence-electron chi connectivity index (χ3n) is 4.97. The van der Waals surface area contributed by atoms with E-state index in [0.29, 0.717) is 6.04 Å². The lowest BCUT2D eigenvalue weighted by molar-refractivity contribution is 0.494. The predicted molar refractivity (Wildman–Crippen MR) is 88.4 cm³/mol. The van der Waals surface area contributed by atoms with Gasteiger partial charge in [0, 0.05) is 25.0 Å². The van der Waals surface area contributed by atoms with Gasteiger partial charge in [0.15, 0.2) is 0 Å². The van der Waals surface area contributed by atoms with Crippen LogP contribution in [0.15, 0.2) is 18.5 Å². The Morgan fingerprint density at radius 2 is 2.17 bits per heavy atom. The first-order valence-corrected chi connectivity index (χ1v) is 8.43. The Morgan fingerprint density at radius 1 is 1.30 bits per heavy atom. The van der Waals surface area contributed by atoms with E-state index in [4.69, 9.17) is 4.98 Å². The minimum Gasteiger partial charge on any atom is -0.353 e. The van der Waals surface area contributed by atoms with Crippen molar-refractivity contribution in [1.29, 1.82) is 5.26 Å². The van der Waals surface area contributed by atoms with Gasteiger partial charge >= 0.3 is 0 Å². The summed E-state index contributed by atoms with van der Waals surface area (Å²) in [5.74, 6) is 0.875. The van der Waals surface area contributed by atoms with Crippen molar-refractivity contribution in [2.24, 2.45) is 0 Å². The van der Waals surface area contributed by atoms with Crippen LogP contribution in [0.3, 0.4) is 0 Å². The Balaban J connectivity index is 1.62. The van der Waals surface area contributed by atoms with Gasteiger partial charge in [-0.25, -0.2) is 4.98 Å². The van der Waals surface area contributed by atoms with Crippen molar-refractivity contribution in [3.05, 3.63) is 40.8 Å². The molecule has 2 aliphatic rings. The van der Waals surface area contributed by atoms with Crippen LogP contribution in [0.5, 0.6) is 0 Å². The minimum atomic E-state index is 0.369. The molecule has 118 valence electrons. The Kier molecular flexibility index (Phi) is 3.53. The molecule has 0 N–H and O–H groups in total. The zero-order chi connectivity index (χ0) is 15.8. The Morgan fingerprint density at radius 3 is 2.96 bits per heavy atom. The molecule has 0 radical (unpaired) electrons. The molecule has 5 nitrogen and oxygen atoms in total. The largest absolute Gasteiger partial charge is 0.353 e. The number of aryl methyl sites for hydroxylation is 3. The minimum absolute atomic E-state index is 0.369. The molecule has 3 heterocycles. The van der Waals surface area contributed by atoms with E-state index in [-0.39, 0.29) is 0 Å². The van der Waals surface area contributed by atoms with Crippen LogP contribution >= 0.6 is 0 Å². The Bertz CT molecular complexity index is 770. The van der Waals surface area contributed by atoms with Gasteiger partial charge in [-0.15, -0.1) is 0 Å². The highest BCUT2D eigenvalue weighted by atomic mass is 15.3. The standard InChI is InChI=1S/C18H21N5/c1-13-10-20-23(11-13)16-6-7-22(12-16)18-15(9-19)8-14-4-2-3-5-17(14)21-18/h8,10-11,16H,2-7,12H2,1H3. The molecule has 5 heteroatoms. The van der Waals surface area contributed by atoms with Gasteiger partial charge in [0.1, 0.15) is 11.9 Å². The van der Waals surface area contributed by atoms with Crippen LogP contribution in [0.4, 0.5) is 5.82 Å². The highest BCUT2D eigenvalue weighted by Gasteiger charge is 2.28. The lowest BCUT2D eigenvalue weighted by atomic mass is 9.95. The van der Waals surface area contributed by atoms with Gasteiger partial charge in [-0.05, 0) is 56.2 Å². The molecule has 0 amide bonds. The molecule has 2 aromatic rings. The normalized spacial score (nSPS) is 20.3. The molecule has 1 aliphatic heterocycles.